The molecule has 0 spiro atoms. The first-order valence-electron chi connectivity index (χ1n) is 8.04. The molecule has 21 heavy (non-hydrogen) atoms. The van der Waals surface area contributed by atoms with E-state index in [0.29, 0.717) is 6.04 Å². The summed E-state index contributed by atoms with van der Waals surface area (Å²) in [4.78, 5) is 11.6. The van der Waals surface area contributed by atoms with Crippen LogP contribution in [0.25, 0.3) is 11.0 Å². The number of hydrogen-bond donors (Lipinski definition) is 1. The minimum Gasteiger partial charge on any atom is -0.353 e. The number of aryl methyl sites for hydroxylation is 1. The zero-order valence-electron chi connectivity index (χ0n) is 13.0. The van der Waals surface area contributed by atoms with Crippen LogP contribution in [0, 0.1) is 0 Å². The van der Waals surface area contributed by atoms with Gasteiger partial charge in [-0.3, -0.25) is 0 Å². The minimum atomic E-state index is 0.586. The summed E-state index contributed by atoms with van der Waals surface area (Å²) in [6.45, 7) is 5.47. The molecule has 0 saturated carbocycles. The second-order valence-corrected chi connectivity index (χ2v) is 5.95. The highest BCUT2D eigenvalue weighted by Crippen LogP contribution is 2.24. The Balaban J connectivity index is 1.89. The molecule has 1 atom stereocenters. The van der Waals surface area contributed by atoms with Gasteiger partial charge in [-0.15, -0.1) is 0 Å². The van der Waals surface area contributed by atoms with Crippen molar-refractivity contribution in [2.24, 2.45) is 7.05 Å². The standard InChI is InChI=1S/C16H25N5/c1-3-4-10-21(11-13-6-5-8-17-13)16-15-14(7-9-18-16)20(2)12-19-15/h7,9,12-13,17H,3-6,8,10-11H2,1-2H3. The monoisotopic (exact) mass is 287 g/mol. The molecule has 1 aliphatic heterocycles. The van der Waals surface area contributed by atoms with Crippen molar-refractivity contribution in [2.75, 3.05) is 24.5 Å². The van der Waals surface area contributed by atoms with Crippen LogP contribution in [-0.2, 0) is 7.05 Å². The third-order valence-corrected chi connectivity index (χ3v) is 4.31. The smallest absolute Gasteiger partial charge is 0.156 e. The van der Waals surface area contributed by atoms with Crippen molar-refractivity contribution >= 4 is 16.9 Å². The van der Waals surface area contributed by atoms with E-state index in [0.717, 1.165) is 36.5 Å². The van der Waals surface area contributed by atoms with Gasteiger partial charge in [-0.25, -0.2) is 9.97 Å². The Bertz CT molecular complexity index is 585. The number of unbranched alkanes of at least 4 members (excludes halogenated alkanes) is 1. The van der Waals surface area contributed by atoms with E-state index in [-0.39, 0.29) is 0 Å². The number of nitrogens with zero attached hydrogens (tertiary/aromatic N) is 4. The van der Waals surface area contributed by atoms with Gasteiger partial charge in [0.2, 0.25) is 0 Å². The molecule has 1 fully saturated rings. The van der Waals surface area contributed by atoms with Crippen LogP contribution in [0.15, 0.2) is 18.6 Å². The molecule has 1 saturated heterocycles. The second kappa shape index (κ2) is 6.43. The molecule has 5 nitrogen and oxygen atoms in total. The van der Waals surface area contributed by atoms with Crippen molar-refractivity contribution in [2.45, 2.75) is 38.6 Å². The molecule has 0 radical (unpaired) electrons. The topological polar surface area (TPSA) is 46.0 Å². The molecule has 3 heterocycles. The Morgan fingerprint density at radius 2 is 2.33 bits per heavy atom. The van der Waals surface area contributed by atoms with E-state index in [1.807, 2.05) is 25.6 Å². The van der Waals surface area contributed by atoms with E-state index in [4.69, 9.17) is 0 Å². The van der Waals surface area contributed by atoms with Crippen molar-refractivity contribution in [3.05, 3.63) is 18.6 Å². The van der Waals surface area contributed by atoms with Crippen LogP contribution in [0.1, 0.15) is 32.6 Å². The number of aromatic nitrogens is 3. The summed E-state index contributed by atoms with van der Waals surface area (Å²) in [5.74, 6) is 1.04. The predicted molar refractivity (Wildman–Crippen MR) is 86.7 cm³/mol. The third kappa shape index (κ3) is 3.02. The fourth-order valence-electron chi connectivity index (χ4n) is 3.09. The number of nitrogens with one attached hydrogen (secondary N) is 1. The number of pyridine rings is 1. The first kappa shape index (κ1) is 14.3. The molecule has 1 aliphatic rings. The first-order valence-corrected chi connectivity index (χ1v) is 8.04. The first-order chi connectivity index (χ1) is 10.3. The third-order valence-electron chi connectivity index (χ3n) is 4.31. The molecule has 114 valence electrons. The van der Waals surface area contributed by atoms with E-state index in [1.54, 1.807) is 0 Å². The van der Waals surface area contributed by atoms with Gasteiger partial charge in [-0.1, -0.05) is 13.3 Å². The number of anilines is 1. The summed E-state index contributed by atoms with van der Waals surface area (Å²) in [6.07, 6.45) is 8.72. The van der Waals surface area contributed by atoms with Gasteiger partial charge in [-0.05, 0) is 31.9 Å². The second-order valence-electron chi connectivity index (χ2n) is 5.95. The molecular formula is C16H25N5. The molecule has 0 aromatic carbocycles. The molecule has 0 bridgehead atoms. The Kier molecular flexibility index (Phi) is 4.39. The number of hydrogen-bond acceptors (Lipinski definition) is 4. The van der Waals surface area contributed by atoms with E-state index in [1.165, 1.54) is 25.7 Å². The summed E-state index contributed by atoms with van der Waals surface area (Å²) < 4.78 is 2.06. The molecule has 3 rings (SSSR count). The van der Waals surface area contributed by atoms with E-state index in [2.05, 4.69) is 31.7 Å². The largest absolute Gasteiger partial charge is 0.353 e. The molecule has 0 aliphatic carbocycles. The summed E-state index contributed by atoms with van der Waals surface area (Å²) in [6, 6.07) is 2.63. The lowest BCUT2D eigenvalue weighted by atomic mass is 10.2. The summed E-state index contributed by atoms with van der Waals surface area (Å²) in [5.41, 5.74) is 2.18. The van der Waals surface area contributed by atoms with Crippen molar-refractivity contribution in [1.29, 1.82) is 0 Å². The average Bonchev–Trinajstić information content (AvgIpc) is 3.14. The average molecular weight is 287 g/mol. The fourth-order valence-corrected chi connectivity index (χ4v) is 3.09. The summed E-state index contributed by atoms with van der Waals surface area (Å²) in [5, 5.41) is 3.59. The molecule has 5 heteroatoms. The molecule has 1 unspecified atom stereocenters. The van der Waals surface area contributed by atoms with Gasteiger partial charge in [0, 0.05) is 32.4 Å². The van der Waals surface area contributed by atoms with Crippen molar-refractivity contribution < 1.29 is 0 Å². The number of rotatable bonds is 6. The molecule has 0 amide bonds. The molecule has 1 N–H and O–H groups in total. The van der Waals surface area contributed by atoms with Gasteiger partial charge in [0.15, 0.2) is 5.82 Å². The van der Waals surface area contributed by atoms with Crippen LogP contribution in [0.4, 0.5) is 5.82 Å². The van der Waals surface area contributed by atoms with Gasteiger partial charge >= 0.3 is 0 Å². The normalized spacial score (nSPS) is 18.5. The molecular weight excluding hydrogens is 262 g/mol. The lowest BCUT2D eigenvalue weighted by Crippen LogP contribution is -2.38. The lowest BCUT2D eigenvalue weighted by Gasteiger charge is -2.27. The van der Waals surface area contributed by atoms with Crippen LogP contribution in [0.3, 0.4) is 0 Å². The maximum absolute atomic E-state index is 4.64. The SMILES string of the molecule is CCCCN(CC1CCCN1)c1nccc2c1ncn2C. The van der Waals surface area contributed by atoms with Gasteiger partial charge in [0.05, 0.1) is 11.8 Å². The number of fused-ring (bicyclic) bond motifs is 1. The summed E-state index contributed by atoms with van der Waals surface area (Å²) in [7, 11) is 2.04. The maximum Gasteiger partial charge on any atom is 0.156 e. The molecule has 2 aromatic rings. The highest BCUT2D eigenvalue weighted by molar-refractivity contribution is 5.86. The van der Waals surface area contributed by atoms with Crippen LogP contribution < -0.4 is 10.2 Å². The Hall–Kier alpha value is -1.62. The van der Waals surface area contributed by atoms with Crippen LogP contribution >= 0.6 is 0 Å². The van der Waals surface area contributed by atoms with Gasteiger partial charge in [0.25, 0.3) is 0 Å². The highest BCUT2D eigenvalue weighted by atomic mass is 15.2. The van der Waals surface area contributed by atoms with E-state index >= 15 is 0 Å². The van der Waals surface area contributed by atoms with E-state index in [9.17, 15) is 0 Å². The van der Waals surface area contributed by atoms with Crippen LogP contribution in [-0.4, -0.2) is 40.2 Å². The quantitative estimate of drug-likeness (QED) is 0.886. The Labute approximate surface area is 126 Å². The fraction of sp³-hybridized carbons (Fsp3) is 0.625. The number of imidazole rings is 1. The van der Waals surface area contributed by atoms with Crippen molar-refractivity contribution in [3.63, 3.8) is 0 Å². The zero-order valence-corrected chi connectivity index (χ0v) is 13.0. The summed E-state index contributed by atoms with van der Waals surface area (Å²) >= 11 is 0. The van der Waals surface area contributed by atoms with Crippen LogP contribution in [0.5, 0.6) is 0 Å². The van der Waals surface area contributed by atoms with Gasteiger partial charge < -0.3 is 14.8 Å². The minimum absolute atomic E-state index is 0.586. The van der Waals surface area contributed by atoms with Crippen molar-refractivity contribution in [3.8, 4) is 0 Å². The van der Waals surface area contributed by atoms with Gasteiger partial charge in [0.1, 0.15) is 5.52 Å². The van der Waals surface area contributed by atoms with E-state index < -0.39 is 0 Å². The van der Waals surface area contributed by atoms with Gasteiger partial charge in [-0.2, -0.15) is 0 Å². The maximum atomic E-state index is 4.64. The zero-order chi connectivity index (χ0) is 14.7. The van der Waals surface area contributed by atoms with Crippen molar-refractivity contribution in [1.82, 2.24) is 19.9 Å². The predicted octanol–water partition coefficient (Wildman–Crippen LogP) is 2.33. The lowest BCUT2D eigenvalue weighted by molar-refractivity contribution is 0.570. The van der Waals surface area contributed by atoms with Crippen LogP contribution in [0.2, 0.25) is 0 Å². The Morgan fingerprint density at radius 3 is 3.10 bits per heavy atom. The highest BCUT2D eigenvalue weighted by Gasteiger charge is 2.20. The Morgan fingerprint density at radius 1 is 1.43 bits per heavy atom. The molecule has 2 aromatic heterocycles.